The lowest BCUT2D eigenvalue weighted by atomic mass is 10.1. The summed E-state index contributed by atoms with van der Waals surface area (Å²) in [5.74, 6) is 0.510. The third-order valence-corrected chi connectivity index (χ3v) is 2.82. The molecule has 4 nitrogen and oxygen atoms in total. The highest BCUT2D eigenvalue weighted by Crippen LogP contribution is 2.15. The first-order chi connectivity index (χ1) is 10.0. The Morgan fingerprint density at radius 1 is 1.19 bits per heavy atom. The van der Waals surface area contributed by atoms with E-state index in [-0.39, 0.29) is 5.91 Å². The molecule has 0 aromatic heterocycles. The second kappa shape index (κ2) is 9.40. The Balaban J connectivity index is 2.38. The van der Waals surface area contributed by atoms with Gasteiger partial charge in [-0.2, -0.15) is 0 Å². The first-order valence-corrected chi connectivity index (χ1v) is 7.72. The van der Waals surface area contributed by atoms with E-state index in [1.165, 1.54) is 0 Å². The van der Waals surface area contributed by atoms with E-state index in [4.69, 9.17) is 4.74 Å². The monoisotopic (exact) mass is 292 g/mol. The quantitative estimate of drug-likeness (QED) is 0.687. The molecule has 0 aliphatic heterocycles. The summed E-state index contributed by atoms with van der Waals surface area (Å²) in [6.45, 7) is 10.5. The minimum absolute atomic E-state index is 0.0393. The third kappa shape index (κ3) is 7.14. The van der Waals surface area contributed by atoms with E-state index < -0.39 is 0 Å². The van der Waals surface area contributed by atoms with Crippen molar-refractivity contribution in [3.05, 3.63) is 29.8 Å². The third-order valence-electron chi connectivity index (χ3n) is 2.82. The Hall–Kier alpha value is -1.55. The molecule has 118 valence electrons. The van der Waals surface area contributed by atoms with Crippen LogP contribution in [0.3, 0.4) is 0 Å². The van der Waals surface area contributed by atoms with Crippen LogP contribution in [0.5, 0.6) is 0 Å². The molecule has 4 heteroatoms. The van der Waals surface area contributed by atoms with E-state index in [1.54, 1.807) is 0 Å². The maximum atomic E-state index is 12.2. The molecule has 21 heavy (non-hydrogen) atoms. The molecule has 0 fully saturated rings. The van der Waals surface area contributed by atoms with Crippen LogP contribution < -0.4 is 10.6 Å². The number of hydrogen-bond donors (Lipinski definition) is 2. The number of nitrogens with one attached hydrogen (secondary N) is 2. The first-order valence-electron chi connectivity index (χ1n) is 7.72. The summed E-state index contributed by atoms with van der Waals surface area (Å²) in [7, 11) is 0. The van der Waals surface area contributed by atoms with Gasteiger partial charge in [-0.1, -0.05) is 26.0 Å². The average molecular weight is 292 g/mol. The second-order valence-electron chi connectivity index (χ2n) is 5.92. The highest BCUT2D eigenvalue weighted by Gasteiger charge is 2.10. The smallest absolute Gasteiger partial charge is 0.253 e. The SMILES string of the molecule is CC(C)COCCCNC(=O)c1ccccc1NC(C)C. The van der Waals surface area contributed by atoms with Gasteiger partial charge < -0.3 is 15.4 Å². The van der Waals surface area contributed by atoms with Gasteiger partial charge in [-0.05, 0) is 38.3 Å². The Kier molecular flexibility index (Phi) is 7.83. The number of carbonyl (C=O) groups is 1. The highest BCUT2D eigenvalue weighted by atomic mass is 16.5. The molecule has 0 unspecified atom stereocenters. The van der Waals surface area contributed by atoms with Crippen LogP contribution in [0, 0.1) is 5.92 Å². The number of benzene rings is 1. The predicted molar refractivity (Wildman–Crippen MR) is 87.8 cm³/mol. The molecule has 1 aromatic rings. The molecule has 0 heterocycles. The van der Waals surface area contributed by atoms with Crippen molar-refractivity contribution in [3.63, 3.8) is 0 Å². The van der Waals surface area contributed by atoms with Gasteiger partial charge in [0, 0.05) is 31.5 Å². The van der Waals surface area contributed by atoms with Gasteiger partial charge in [-0.25, -0.2) is 0 Å². The first kappa shape index (κ1) is 17.5. The lowest BCUT2D eigenvalue weighted by Gasteiger charge is -2.14. The number of hydrogen-bond acceptors (Lipinski definition) is 3. The molecule has 0 aliphatic rings. The summed E-state index contributed by atoms with van der Waals surface area (Å²) in [4.78, 5) is 12.2. The summed E-state index contributed by atoms with van der Waals surface area (Å²) in [6, 6.07) is 7.88. The van der Waals surface area contributed by atoms with Crippen LogP contribution in [0.4, 0.5) is 5.69 Å². The molecule has 1 rings (SSSR count). The van der Waals surface area contributed by atoms with Gasteiger partial charge in [0.2, 0.25) is 0 Å². The Morgan fingerprint density at radius 2 is 1.90 bits per heavy atom. The number of carbonyl (C=O) groups excluding carboxylic acids is 1. The summed E-state index contributed by atoms with van der Waals surface area (Å²) in [5.41, 5.74) is 1.57. The summed E-state index contributed by atoms with van der Waals surface area (Å²) < 4.78 is 5.50. The van der Waals surface area contributed by atoms with Gasteiger partial charge in [0.15, 0.2) is 0 Å². The van der Waals surface area contributed by atoms with Crippen molar-refractivity contribution in [1.82, 2.24) is 5.32 Å². The summed E-state index contributed by atoms with van der Waals surface area (Å²) in [6.07, 6.45) is 0.832. The van der Waals surface area contributed by atoms with Crippen LogP contribution in [0.2, 0.25) is 0 Å². The van der Waals surface area contributed by atoms with Crippen molar-refractivity contribution >= 4 is 11.6 Å². The molecule has 0 bridgehead atoms. The normalized spacial score (nSPS) is 11.0. The van der Waals surface area contributed by atoms with Crippen molar-refractivity contribution < 1.29 is 9.53 Å². The average Bonchev–Trinajstić information content (AvgIpc) is 2.42. The number of rotatable bonds is 9. The largest absolute Gasteiger partial charge is 0.382 e. The molecular weight excluding hydrogens is 264 g/mol. The van der Waals surface area contributed by atoms with Gasteiger partial charge in [-0.3, -0.25) is 4.79 Å². The van der Waals surface area contributed by atoms with E-state index in [1.807, 2.05) is 24.3 Å². The van der Waals surface area contributed by atoms with Gasteiger partial charge in [0.05, 0.1) is 5.56 Å². The van der Waals surface area contributed by atoms with Gasteiger partial charge in [0.1, 0.15) is 0 Å². The van der Waals surface area contributed by atoms with Crippen LogP contribution in [-0.4, -0.2) is 31.7 Å². The maximum Gasteiger partial charge on any atom is 0.253 e. The lowest BCUT2D eigenvalue weighted by Crippen LogP contribution is -2.27. The molecule has 0 atom stereocenters. The zero-order chi connectivity index (χ0) is 15.7. The second-order valence-corrected chi connectivity index (χ2v) is 5.92. The fourth-order valence-electron chi connectivity index (χ4n) is 1.91. The molecule has 0 aliphatic carbocycles. The Morgan fingerprint density at radius 3 is 2.57 bits per heavy atom. The molecule has 0 spiro atoms. The molecule has 2 N–H and O–H groups in total. The van der Waals surface area contributed by atoms with Crippen LogP contribution in [0.25, 0.3) is 0 Å². The van der Waals surface area contributed by atoms with Gasteiger partial charge in [0.25, 0.3) is 5.91 Å². The fraction of sp³-hybridized carbons (Fsp3) is 0.588. The number of ether oxygens (including phenoxy) is 1. The van der Waals surface area contributed by atoms with Crippen molar-refractivity contribution in [2.45, 2.75) is 40.2 Å². The molecule has 0 saturated heterocycles. The highest BCUT2D eigenvalue weighted by molar-refractivity contribution is 5.99. The van der Waals surface area contributed by atoms with Crippen molar-refractivity contribution in [3.8, 4) is 0 Å². The van der Waals surface area contributed by atoms with Gasteiger partial charge >= 0.3 is 0 Å². The van der Waals surface area contributed by atoms with E-state index >= 15 is 0 Å². The Labute approximate surface area is 128 Å². The summed E-state index contributed by atoms with van der Waals surface area (Å²) in [5, 5.41) is 6.23. The maximum absolute atomic E-state index is 12.2. The number of para-hydroxylation sites is 1. The van der Waals surface area contributed by atoms with E-state index in [0.29, 0.717) is 30.7 Å². The Bertz CT molecular complexity index is 431. The van der Waals surface area contributed by atoms with Crippen molar-refractivity contribution in [2.75, 3.05) is 25.1 Å². The number of amides is 1. The summed E-state index contributed by atoms with van der Waals surface area (Å²) >= 11 is 0. The lowest BCUT2D eigenvalue weighted by molar-refractivity contribution is 0.0925. The number of anilines is 1. The fourth-order valence-corrected chi connectivity index (χ4v) is 1.91. The zero-order valence-corrected chi connectivity index (χ0v) is 13.6. The van der Waals surface area contributed by atoms with Crippen LogP contribution >= 0.6 is 0 Å². The van der Waals surface area contributed by atoms with Crippen LogP contribution in [-0.2, 0) is 4.74 Å². The predicted octanol–water partition coefficient (Wildman–Crippen LogP) is 3.30. The van der Waals surface area contributed by atoms with E-state index in [9.17, 15) is 4.79 Å². The van der Waals surface area contributed by atoms with Crippen molar-refractivity contribution in [2.24, 2.45) is 5.92 Å². The van der Waals surface area contributed by atoms with Crippen molar-refractivity contribution in [1.29, 1.82) is 0 Å². The minimum atomic E-state index is -0.0393. The zero-order valence-electron chi connectivity index (χ0n) is 13.6. The molecule has 1 aromatic carbocycles. The molecule has 0 radical (unpaired) electrons. The minimum Gasteiger partial charge on any atom is -0.382 e. The topological polar surface area (TPSA) is 50.4 Å². The van der Waals surface area contributed by atoms with Crippen LogP contribution in [0.15, 0.2) is 24.3 Å². The van der Waals surface area contributed by atoms with E-state index in [0.717, 1.165) is 18.7 Å². The standard InChI is InChI=1S/C17H28N2O2/c1-13(2)12-21-11-7-10-18-17(20)15-8-5-6-9-16(15)19-14(3)4/h5-6,8-9,13-14,19H,7,10-12H2,1-4H3,(H,18,20). The van der Waals surface area contributed by atoms with Gasteiger partial charge in [-0.15, -0.1) is 0 Å². The molecule has 0 saturated carbocycles. The van der Waals surface area contributed by atoms with Crippen LogP contribution in [0.1, 0.15) is 44.5 Å². The molecule has 1 amide bonds. The van der Waals surface area contributed by atoms with E-state index in [2.05, 4.69) is 38.3 Å². The molecular formula is C17H28N2O2.